The maximum Gasteiger partial charge on any atom is 0.142 e. The van der Waals surface area contributed by atoms with Crippen molar-refractivity contribution in [1.29, 1.82) is 5.26 Å². The van der Waals surface area contributed by atoms with E-state index in [1.54, 1.807) is 6.33 Å². The Labute approximate surface area is 154 Å². The molecule has 0 bridgehead atoms. The first-order valence-corrected chi connectivity index (χ1v) is 8.92. The van der Waals surface area contributed by atoms with E-state index in [4.69, 9.17) is 5.26 Å². The van der Waals surface area contributed by atoms with Gasteiger partial charge in [-0.05, 0) is 46.6 Å². The van der Waals surface area contributed by atoms with E-state index >= 15 is 0 Å². The van der Waals surface area contributed by atoms with Crippen LogP contribution in [0.5, 0.6) is 0 Å². The molecule has 7 heteroatoms. The molecule has 1 aliphatic heterocycles. The minimum atomic E-state index is 0.392. The Morgan fingerprint density at radius 2 is 2.24 bits per heavy atom. The van der Waals surface area contributed by atoms with Crippen molar-refractivity contribution in [2.45, 2.75) is 12.5 Å². The number of nitrogens with zero attached hydrogens (tertiary/aromatic N) is 5. The first kappa shape index (κ1) is 15.9. The molecule has 6 nitrogen and oxygen atoms in total. The zero-order chi connectivity index (χ0) is 17.4. The number of halogens is 1. The summed E-state index contributed by atoms with van der Waals surface area (Å²) in [6.45, 7) is 1.87. The maximum absolute atomic E-state index is 9.07. The van der Waals surface area contributed by atoms with Crippen molar-refractivity contribution >= 4 is 38.5 Å². The van der Waals surface area contributed by atoms with Crippen molar-refractivity contribution in [2.75, 3.05) is 29.9 Å². The van der Waals surface area contributed by atoms with E-state index in [9.17, 15) is 0 Å². The highest BCUT2D eigenvalue weighted by Gasteiger charge is 2.28. The number of likely N-dealkylation sites (N-methyl/N-ethyl adjacent to an activating group) is 1. The largest absolute Gasteiger partial charge is 0.370 e. The number of anilines is 2. The van der Waals surface area contributed by atoms with Gasteiger partial charge in [0.25, 0.3) is 0 Å². The standard InChI is InChI=1S/C18H17BrN6/c1-24(13-3-2-12(9-20)16(19)8-13)14-5-7-25(10-14)18-15-4-6-21-17(15)22-11-23-18/h2-4,6,8,11,14H,5,7,10H2,1H3,(H,21,22,23). The number of nitriles is 1. The number of fused-ring (bicyclic) bond motifs is 1. The van der Waals surface area contributed by atoms with Crippen LogP contribution in [-0.4, -0.2) is 41.1 Å². The second-order valence-corrected chi connectivity index (χ2v) is 7.07. The Kier molecular flexibility index (Phi) is 4.06. The Morgan fingerprint density at radius 3 is 3.04 bits per heavy atom. The van der Waals surface area contributed by atoms with Gasteiger partial charge in [0.05, 0.1) is 10.9 Å². The van der Waals surface area contributed by atoms with E-state index < -0.39 is 0 Å². The number of hydrogen-bond donors (Lipinski definition) is 1. The van der Waals surface area contributed by atoms with Gasteiger partial charge in [0.1, 0.15) is 23.9 Å². The van der Waals surface area contributed by atoms with Crippen molar-refractivity contribution in [3.8, 4) is 6.07 Å². The second-order valence-electron chi connectivity index (χ2n) is 6.21. The van der Waals surface area contributed by atoms with Gasteiger partial charge in [-0.3, -0.25) is 0 Å². The Bertz CT molecular complexity index is 960. The van der Waals surface area contributed by atoms with Gasteiger partial charge >= 0.3 is 0 Å². The monoisotopic (exact) mass is 396 g/mol. The summed E-state index contributed by atoms with van der Waals surface area (Å²) in [6, 6.07) is 10.5. The maximum atomic E-state index is 9.07. The van der Waals surface area contributed by atoms with Gasteiger partial charge in [-0.15, -0.1) is 0 Å². The molecule has 4 rings (SSSR count). The summed E-state index contributed by atoms with van der Waals surface area (Å²) in [6.07, 6.45) is 4.57. The number of hydrogen-bond acceptors (Lipinski definition) is 5. The topological polar surface area (TPSA) is 71.8 Å². The van der Waals surface area contributed by atoms with Crippen molar-refractivity contribution < 1.29 is 0 Å². The van der Waals surface area contributed by atoms with Crippen molar-refractivity contribution in [1.82, 2.24) is 15.0 Å². The van der Waals surface area contributed by atoms with Crippen LogP contribution in [0.4, 0.5) is 11.5 Å². The number of nitrogens with one attached hydrogen (secondary N) is 1. The molecule has 1 atom stereocenters. The second kappa shape index (κ2) is 6.37. The number of rotatable bonds is 3. The first-order valence-electron chi connectivity index (χ1n) is 8.13. The van der Waals surface area contributed by atoms with Crippen LogP contribution in [0.15, 0.2) is 41.3 Å². The van der Waals surface area contributed by atoms with Crippen LogP contribution in [0.3, 0.4) is 0 Å². The lowest BCUT2D eigenvalue weighted by molar-refractivity contribution is 0.692. The molecule has 0 spiro atoms. The van der Waals surface area contributed by atoms with Crippen LogP contribution in [0.2, 0.25) is 0 Å². The fourth-order valence-electron chi connectivity index (χ4n) is 3.39. The van der Waals surface area contributed by atoms with Crippen LogP contribution in [0.1, 0.15) is 12.0 Å². The molecule has 126 valence electrons. The third-order valence-corrected chi connectivity index (χ3v) is 5.48. The van der Waals surface area contributed by atoms with Gasteiger partial charge < -0.3 is 14.8 Å². The predicted molar refractivity (Wildman–Crippen MR) is 102 cm³/mol. The average Bonchev–Trinajstić information content (AvgIpc) is 3.30. The Morgan fingerprint density at radius 1 is 1.36 bits per heavy atom. The third kappa shape index (κ3) is 2.83. The molecule has 0 amide bonds. The summed E-state index contributed by atoms with van der Waals surface area (Å²) < 4.78 is 0.832. The highest BCUT2D eigenvalue weighted by Crippen LogP contribution is 2.30. The van der Waals surface area contributed by atoms with E-state index in [1.807, 2.05) is 30.5 Å². The molecule has 1 aliphatic rings. The summed E-state index contributed by atoms with van der Waals surface area (Å²) in [5, 5.41) is 10.1. The molecule has 3 heterocycles. The van der Waals surface area contributed by atoms with Gasteiger partial charge in [0, 0.05) is 42.5 Å². The minimum absolute atomic E-state index is 0.392. The van der Waals surface area contributed by atoms with Gasteiger partial charge in [-0.1, -0.05) is 0 Å². The Balaban J connectivity index is 1.55. The van der Waals surface area contributed by atoms with Crippen molar-refractivity contribution in [3.63, 3.8) is 0 Å². The summed E-state index contributed by atoms with van der Waals surface area (Å²) in [7, 11) is 2.11. The van der Waals surface area contributed by atoms with E-state index in [0.717, 1.165) is 46.5 Å². The number of H-pyrrole nitrogens is 1. The molecule has 1 saturated heterocycles. The molecule has 1 fully saturated rings. The predicted octanol–water partition coefficient (Wildman–Crippen LogP) is 3.31. The summed E-state index contributed by atoms with van der Waals surface area (Å²) >= 11 is 3.48. The van der Waals surface area contributed by atoms with Crippen molar-refractivity contribution in [2.24, 2.45) is 0 Å². The third-order valence-electron chi connectivity index (χ3n) is 4.82. The zero-order valence-electron chi connectivity index (χ0n) is 13.8. The van der Waals surface area contributed by atoms with Gasteiger partial charge in [-0.2, -0.15) is 5.26 Å². The molecule has 1 N–H and O–H groups in total. The summed E-state index contributed by atoms with van der Waals surface area (Å²) in [5.41, 5.74) is 2.63. The molecule has 1 unspecified atom stereocenters. The lowest BCUT2D eigenvalue weighted by atomic mass is 10.1. The van der Waals surface area contributed by atoms with E-state index in [0.29, 0.717) is 11.6 Å². The molecule has 25 heavy (non-hydrogen) atoms. The zero-order valence-corrected chi connectivity index (χ0v) is 15.4. The molecule has 2 aromatic heterocycles. The summed E-state index contributed by atoms with van der Waals surface area (Å²) in [5.74, 6) is 0.989. The average molecular weight is 397 g/mol. The lowest BCUT2D eigenvalue weighted by Crippen LogP contribution is -2.34. The quantitative estimate of drug-likeness (QED) is 0.734. The smallest absolute Gasteiger partial charge is 0.142 e. The molecular formula is C18H17BrN6. The molecular weight excluding hydrogens is 380 g/mol. The van der Waals surface area contributed by atoms with E-state index in [-0.39, 0.29) is 0 Å². The molecule has 0 radical (unpaired) electrons. The highest BCUT2D eigenvalue weighted by atomic mass is 79.9. The lowest BCUT2D eigenvalue weighted by Gasteiger charge is -2.27. The fraction of sp³-hybridized carbons (Fsp3) is 0.278. The molecule has 1 aromatic carbocycles. The van der Waals surface area contributed by atoms with Crippen LogP contribution in [0.25, 0.3) is 11.0 Å². The summed E-state index contributed by atoms with van der Waals surface area (Å²) in [4.78, 5) is 16.5. The van der Waals surface area contributed by atoms with E-state index in [1.165, 1.54) is 0 Å². The molecule has 3 aromatic rings. The van der Waals surface area contributed by atoms with Gasteiger partial charge in [-0.25, -0.2) is 9.97 Å². The van der Waals surface area contributed by atoms with Crippen LogP contribution >= 0.6 is 15.9 Å². The van der Waals surface area contributed by atoms with E-state index in [2.05, 4.69) is 53.8 Å². The SMILES string of the molecule is CN(c1ccc(C#N)c(Br)c1)C1CCN(c2ncnc3[nH]ccc23)C1. The fourth-order valence-corrected chi connectivity index (χ4v) is 3.84. The molecule has 0 aliphatic carbocycles. The van der Waals surface area contributed by atoms with Crippen molar-refractivity contribution in [3.05, 3.63) is 46.8 Å². The first-order chi connectivity index (χ1) is 12.2. The van der Waals surface area contributed by atoms with Crippen LogP contribution in [0, 0.1) is 11.3 Å². The van der Waals surface area contributed by atoms with Gasteiger partial charge in [0.2, 0.25) is 0 Å². The van der Waals surface area contributed by atoms with Gasteiger partial charge in [0.15, 0.2) is 0 Å². The molecule has 0 saturated carbocycles. The normalized spacial score (nSPS) is 17.0. The number of benzene rings is 1. The van der Waals surface area contributed by atoms with Crippen LogP contribution < -0.4 is 9.80 Å². The number of aromatic amines is 1. The number of aromatic nitrogens is 3. The van der Waals surface area contributed by atoms with Crippen LogP contribution in [-0.2, 0) is 0 Å². The highest BCUT2D eigenvalue weighted by molar-refractivity contribution is 9.10. The minimum Gasteiger partial charge on any atom is -0.370 e. The Hall–Kier alpha value is -2.59.